The number of carbonyl (C=O) groups is 1. The highest BCUT2D eigenvalue weighted by molar-refractivity contribution is 6.30. The van der Waals surface area contributed by atoms with Gasteiger partial charge in [0.15, 0.2) is 0 Å². The Morgan fingerprint density at radius 1 is 1.55 bits per heavy atom. The van der Waals surface area contributed by atoms with Crippen LogP contribution in [0.15, 0.2) is 24.3 Å². The van der Waals surface area contributed by atoms with Gasteiger partial charge in [0.25, 0.3) is 0 Å². The van der Waals surface area contributed by atoms with E-state index in [9.17, 15) is 4.79 Å². The molecule has 0 radical (unpaired) electrons. The van der Waals surface area contributed by atoms with E-state index in [1.54, 1.807) is 0 Å². The van der Waals surface area contributed by atoms with Gasteiger partial charge in [0, 0.05) is 11.6 Å². The minimum atomic E-state index is -0.378. The number of ether oxygens (including phenoxy) is 1. The van der Waals surface area contributed by atoms with E-state index in [-0.39, 0.29) is 24.2 Å². The van der Waals surface area contributed by atoms with Crippen molar-refractivity contribution in [3.05, 3.63) is 34.9 Å². The molecule has 5 heteroatoms. The van der Waals surface area contributed by atoms with Crippen molar-refractivity contribution >= 4 is 17.5 Å². The normalized spacial score (nSPS) is 23.6. The van der Waals surface area contributed by atoms with Gasteiger partial charge in [0.2, 0.25) is 5.91 Å². The molecule has 1 aromatic rings. The average Bonchev–Trinajstić information content (AvgIpc) is 2.93. The molecule has 3 unspecified atom stereocenters. The van der Waals surface area contributed by atoms with Gasteiger partial charge in [-0.1, -0.05) is 30.7 Å². The molecule has 2 rings (SSSR count). The second-order valence-electron chi connectivity index (χ2n) is 5.08. The van der Waals surface area contributed by atoms with Crippen molar-refractivity contribution in [2.24, 2.45) is 5.73 Å². The molecule has 3 atom stereocenters. The van der Waals surface area contributed by atoms with Gasteiger partial charge in [-0.05, 0) is 37.0 Å². The first kappa shape index (κ1) is 15.3. The fraction of sp³-hybridized carbons (Fsp3) is 0.533. The predicted molar refractivity (Wildman–Crippen MR) is 79.6 cm³/mol. The van der Waals surface area contributed by atoms with Crippen molar-refractivity contribution in [3.63, 3.8) is 0 Å². The van der Waals surface area contributed by atoms with Crippen molar-refractivity contribution in [3.8, 4) is 0 Å². The van der Waals surface area contributed by atoms with Crippen LogP contribution in [0.2, 0.25) is 5.02 Å². The number of nitrogens with two attached hydrogens (primary N) is 1. The summed E-state index contributed by atoms with van der Waals surface area (Å²) in [5.74, 6) is -0.0622. The summed E-state index contributed by atoms with van der Waals surface area (Å²) in [7, 11) is 0. The highest BCUT2D eigenvalue weighted by Gasteiger charge is 2.30. The third kappa shape index (κ3) is 3.72. The monoisotopic (exact) mass is 296 g/mol. The van der Waals surface area contributed by atoms with Crippen LogP contribution in [0.25, 0.3) is 0 Å². The number of hydrogen-bond acceptors (Lipinski definition) is 3. The van der Waals surface area contributed by atoms with E-state index in [0.29, 0.717) is 11.6 Å². The molecule has 110 valence electrons. The molecule has 1 heterocycles. The number of benzene rings is 1. The van der Waals surface area contributed by atoms with E-state index in [1.807, 2.05) is 31.2 Å². The number of hydrogen-bond donors (Lipinski definition) is 2. The fourth-order valence-electron chi connectivity index (χ4n) is 2.48. The van der Waals surface area contributed by atoms with E-state index < -0.39 is 0 Å². The molecule has 0 aliphatic carbocycles. The first-order valence-electron chi connectivity index (χ1n) is 7.05. The Morgan fingerprint density at radius 2 is 2.35 bits per heavy atom. The Kier molecular flexibility index (Phi) is 5.40. The first-order valence-corrected chi connectivity index (χ1v) is 7.43. The molecule has 1 fully saturated rings. The lowest BCUT2D eigenvalue weighted by molar-refractivity contribution is -0.132. The average molecular weight is 297 g/mol. The summed E-state index contributed by atoms with van der Waals surface area (Å²) < 4.78 is 5.61. The van der Waals surface area contributed by atoms with Crippen LogP contribution in [-0.2, 0) is 9.53 Å². The third-order valence-electron chi connectivity index (χ3n) is 3.64. The first-order chi connectivity index (χ1) is 9.63. The summed E-state index contributed by atoms with van der Waals surface area (Å²) in [6, 6.07) is 7.53. The molecule has 1 aliphatic heterocycles. The van der Waals surface area contributed by atoms with Crippen LogP contribution in [0, 0.1) is 0 Å². The zero-order chi connectivity index (χ0) is 14.5. The number of rotatable bonds is 5. The molecule has 20 heavy (non-hydrogen) atoms. The molecule has 0 aromatic heterocycles. The van der Waals surface area contributed by atoms with Gasteiger partial charge < -0.3 is 15.8 Å². The number of carbonyl (C=O) groups excluding carboxylic acids is 1. The minimum Gasteiger partial charge on any atom is -0.364 e. The quantitative estimate of drug-likeness (QED) is 0.877. The van der Waals surface area contributed by atoms with Crippen LogP contribution < -0.4 is 11.1 Å². The molecule has 3 N–H and O–H groups in total. The standard InChI is InChI=1S/C15H21ClN2O2/c1-2-13(10-4-3-5-11(16)8-10)18-15(19)14-7-6-12(9-17)20-14/h3-5,8,12-14H,2,6-7,9,17H2,1H3,(H,18,19). The molecule has 1 amide bonds. The fourth-order valence-corrected chi connectivity index (χ4v) is 2.68. The highest BCUT2D eigenvalue weighted by atomic mass is 35.5. The van der Waals surface area contributed by atoms with Crippen molar-refractivity contribution in [1.29, 1.82) is 0 Å². The largest absolute Gasteiger partial charge is 0.364 e. The predicted octanol–water partition coefficient (Wildman–Crippen LogP) is 2.41. The van der Waals surface area contributed by atoms with Crippen LogP contribution in [-0.4, -0.2) is 24.7 Å². The van der Waals surface area contributed by atoms with Crippen LogP contribution in [0.1, 0.15) is 37.8 Å². The van der Waals surface area contributed by atoms with Gasteiger partial charge in [0.05, 0.1) is 12.1 Å². The van der Waals surface area contributed by atoms with E-state index in [4.69, 9.17) is 22.1 Å². The van der Waals surface area contributed by atoms with Crippen molar-refractivity contribution in [2.45, 2.75) is 44.4 Å². The van der Waals surface area contributed by atoms with Gasteiger partial charge in [-0.15, -0.1) is 0 Å². The summed E-state index contributed by atoms with van der Waals surface area (Å²) >= 11 is 6.00. The zero-order valence-corrected chi connectivity index (χ0v) is 12.4. The Bertz CT molecular complexity index is 467. The SMILES string of the molecule is CCC(NC(=O)C1CCC(CN)O1)c1cccc(Cl)c1. The Balaban J connectivity index is 1.98. The van der Waals surface area contributed by atoms with Crippen molar-refractivity contribution < 1.29 is 9.53 Å². The van der Waals surface area contributed by atoms with Crippen LogP contribution in [0.4, 0.5) is 0 Å². The van der Waals surface area contributed by atoms with Gasteiger partial charge in [-0.25, -0.2) is 0 Å². The third-order valence-corrected chi connectivity index (χ3v) is 3.87. The van der Waals surface area contributed by atoms with Crippen molar-refractivity contribution in [1.82, 2.24) is 5.32 Å². The summed E-state index contributed by atoms with van der Waals surface area (Å²) in [5.41, 5.74) is 6.58. The molecular weight excluding hydrogens is 276 g/mol. The summed E-state index contributed by atoms with van der Waals surface area (Å²) in [4.78, 5) is 12.2. The van der Waals surface area contributed by atoms with Crippen LogP contribution in [0.3, 0.4) is 0 Å². The molecule has 0 saturated carbocycles. The van der Waals surface area contributed by atoms with E-state index in [1.165, 1.54) is 0 Å². The minimum absolute atomic E-state index is 0.0111. The molecule has 1 saturated heterocycles. The molecule has 0 spiro atoms. The molecular formula is C15H21ClN2O2. The van der Waals surface area contributed by atoms with Gasteiger partial charge in [-0.2, -0.15) is 0 Å². The van der Waals surface area contributed by atoms with Crippen LogP contribution in [0.5, 0.6) is 0 Å². The maximum absolute atomic E-state index is 12.2. The molecule has 1 aliphatic rings. The maximum Gasteiger partial charge on any atom is 0.249 e. The number of amides is 1. The van der Waals surface area contributed by atoms with E-state index in [0.717, 1.165) is 24.8 Å². The summed E-state index contributed by atoms with van der Waals surface area (Å²) in [6.45, 7) is 2.50. The van der Waals surface area contributed by atoms with Gasteiger partial charge in [-0.3, -0.25) is 4.79 Å². The zero-order valence-electron chi connectivity index (χ0n) is 11.6. The Morgan fingerprint density at radius 3 is 2.95 bits per heavy atom. The van der Waals surface area contributed by atoms with E-state index >= 15 is 0 Å². The summed E-state index contributed by atoms with van der Waals surface area (Å²) in [6.07, 6.45) is 2.02. The van der Waals surface area contributed by atoms with Crippen LogP contribution >= 0.6 is 11.6 Å². The van der Waals surface area contributed by atoms with E-state index in [2.05, 4.69) is 5.32 Å². The second-order valence-corrected chi connectivity index (χ2v) is 5.52. The Labute approximate surface area is 124 Å². The lowest BCUT2D eigenvalue weighted by atomic mass is 10.0. The molecule has 4 nitrogen and oxygen atoms in total. The lowest BCUT2D eigenvalue weighted by Crippen LogP contribution is -2.37. The van der Waals surface area contributed by atoms with Gasteiger partial charge >= 0.3 is 0 Å². The topological polar surface area (TPSA) is 64.4 Å². The highest BCUT2D eigenvalue weighted by Crippen LogP contribution is 2.23. The lowest BCUT2D eigenvalue weighted by Gasteiger charge is -2.20. The Hall–Kier alpha value is -1.10. The number of nitrogens with one attached hydrogen (secondary N) is 1. The molecule has 0 bridgehead atoms. The molecule has 1 aromatic carbocycles. The summed E-state index contributed by atoms with van der Waals surface area (Å²) in [5, 5.41) is 3.71. The second kappa shape index (κ2) is 7.07. The van der Waals surface area contributed by atoms with Gasteiger partial charge in [0.1, 0.15) is 6.10 Å². The van der Waals surface area contributed by atoms with Crippen molar-refractivity contribution in [2.75, 3.05) is 6.54 Å². The maximum atomic E-state index is 12.2. The number of halogens is 1. The smallest absolute Gasteiger partial charge is 0.249 e.